The molecule has 4 nitrogen and oxygen atoms in total. The van der Waals surface area contributed by atoms with Gasteiger partial charge in [0.2, 0.25) is 0 Å². The molecule has 0 unspecified atom stereocenters. The van der Waals surface area contributed by atoms with Gasteiger partial charge in [0.15, 0.2) is 11.6 Å². The second-order valence-electron chi connectivity index (χ2n) is 3.52. The summed E-state index contributed by atoms with van der Waals surface area (Å²) in [6.07, 6.45) is 0.696. The van der Waals surface area contributed by atoms with Crippen molar-refractivity contribution in [3.8, 4) is 11.4 Å². The van der Waals surface area contributed by atoms with Crippen molar-refractivity contribution in [2.24, 2.45) is 12.8 Å². The highest BCUT2D eigenvalue weighted by atomic mass is 35.5. The lowest BCUT2D eigenvalue weighted by molar-refractivity contribution is 0.744. The smallest absolute Gasteiger partial charge is 0.158 e. The lowest BCUT2D eigenvalue weighted by atomic mass is 10.2. The van der Waals surface area contributed by atoms with Crippen LogP contribution in [-0.4, -0.2) is 21.3 Å². The van der Waals surface area contributed by atoms with Crippen molar-refractivity contribution in [1.82, 2.24) is 14.8 Å². The van der Waals surface area contributed by atoms with E-state index >= 15 is 0 Å². The maximum atomic E-state index is 5.83. The van der Waals surface area contributed by atoms with E-state index in [1.807, 2.05) is 31.3 Å². The van der Waals surface area contributed by atoms with E-state index in [-0.39, 0.29) is 0 Å². The Balaban J connectivity index is 2.36. The Labute approximate surface area is 99.1 Å². The molecular weight excluding hydrogens is 224 g/mol. The van der Waals surface area contributed by atoms with Gasteiger partial charge >= 0.3 is 0 Å². The molecule has 0 saturated carbocycles. The van der Waals surface area contributed by atoms with Crippen molar-refractivity contribution in [2.45, 2.75) is 6.42 Å². The highest BCUT2D eigenvalue weighted by Crippen LogP contribution is 2.19. The number of aryl methyl sites for hydroxylation is 1. The van der Waals surface area contributed by atoms with Gasteiger partial charge in [-0.3, -0.25) is 0 Å². The number of nitrogens with two attached hydrogens (primary N) is 1. The highest BCUT2D eigenvalue weighted by Gasteiger charge is 2.08. The number of nitrogens with zero attached hydrogens (tertiary/aromatic N) is 3. The molecule has 0 aliphatic carbocycles. The molecule has 5 heteroatoms. The molecule has 0 fully saturated rings. The largest absolute Gasteiger partial charge is 0.330 e. The van der Waals surface area contributed by atoms with E-state index in [0.29, 0.717) is 18.0 Å². The maximum Gasteiger partial charge on any atom is 0.158 e. The summed E-state index contributed by atoms with van der Waals surface area (Å²) in [6.45, 7) is 0.560. The van der Waals surface area contributed by atoms with Crippen LogP contribution in [0.15, 0.2) is 24.3 Å². The van der Waals surface area contributed by atoms with Crippen LogP contribution in [-0.2, 0) is 13.5 Å². The molecular formula is C11H13ClN4. The molecule has 2 rings (SSSR count). The second-order valence-corrected chi connectivity index (χ2v) is 3.96. The summed E-state index contributed by atoms with van der Waals surface area (Å²) in [5.74, 6) is 1.61. The molecule has 2 N–H and O–H groups in total. The fourth-order valence-electron chi connectivity index (χ4n) is 1.52. The Kier molecular flexibility index (Phi) is 3.22. The predicted molar refractivity (Wildman–Crippen MR) is 64.2 cm³/mol. The first-order valence-corrected chi connectivity index (χ1v) is 5.44. The zero-order chi connectivity index (χ0) is 11.5. The molecule has 2 aromatic rings. The zero-order valence-electron chi connectivity index (χ0n) is 9.02. The van der Waals surface area contributed by atoms with Gasteiger partial charge in [-0.2, -0.15) is 5.10 Å². The van der Waals surface area contributed by atoms with Crippen LogP contribution in [0.4, 0.5) is 0 Å². The van der Waals surface area contributed by atoms with Crippen LogP contribution in [0.25, 0.3) is 11.4 Å². The van der Waals surface area contributed by atoms with Crippen molar-refractivity contribution in [3.63, 3.8) is 0 Å². The Morgan fingerprint density at radius 1 is 1.31 bits per heavy atom. The highest BCUT2D eigenvalue weighted by molar-refractivity contribution is 6.30. The van der Waals surface area contributed by atoms with E-state index in [1.54, 1.807) is 4.68 Å². The molecule has 0 amide bonds. The summed E-state index contributed by atoms with van der Waals surface area (Å²) in [5.41, 5.74) is 6.47. The Hall–Kier alpha value is -1.39. The third-order valence-electron chi connectivity index (χ3n) is 2.28. The number of rotatable bonds is 3. The molecule has 0 aliphatic rings. The van der Waals surface area contributed by atoms with Gasteiger partial charge in [0.1, 0.15) is 0 Å². The van der Waals surface area contributed by atoms with Crippen LogP contribution in [0.1, 0.15) is 5.82 Å². The van der Waals surface area contributed by atoms with E-state index < -0.39 is 0 Å². The molecule has 1 heterocycles. The van der Waals surface area contributed by atoms with Crippen molar-refractivity contribution >= 4 is 11.6 Å². The second kappa shape index (κ2) is 4.63. The topological polar surface area (TPSA) is 56.7 Å². The molecule has 0 atom stereocenters. The minimum atomic E-state index is 0.560. The number of benzene rings is 1. The van der Waals surface area contributed by atoms with Crippen LogP contribution in [0.2, 0.25) is 5.02 Å². The first-order valence-electron chi connectivity index (χ1n) is 5.06. The van der Waals surface area contributed by atoms with Gasteiger partial charge in [0, 0.05) is 24.1 Å². The van der Waals surface area contributed by atoms with E-state index in [2.05, 4.69) is 10.1 Å². The predicted octanol–water partition coefficient (Wildman–Crippen LogP) is 1.64. The Morgan fingerprint density at radius 2 is 2.00 bits per heavy atom. The van der Waals surface area contributed by atoms with E-state index in [9.17, 15) is 0 Å². The normalized spacial score (nSPS) is 10.7. The van der Waals surface area contributed by atoms with Gasteiger partial charge in [-0.15, -0.1) is 0 Å². The Bertz CT molecular complexity index is 475. The third-order valence-corrected chi connectivity index (χ3v) is 2.53. The average molecular weight is 237 g/mol. The molecule has 0 saturated heterocycles. The summed E-state index contributed by atoms with van der Waals surface area (Å²) in [6, 6.07) is 7.54. The van der Waals surface area contributed by atoms with E-state index in [4.69, 9.17) is 17.3 Å². The first kappa shape index (κ1) is 11.1. The monoisotopic (exact) mass is 236 g/mol. The van der Waals surface area contributed by atoms with Gasteiger partial charge in [0.25, 0.3) is 0 Å². The fraction of sp³-hybridized carbons (Fsp3) is 0.273. The minimum Gasteiger partial charge on any atom is -0.330 e. The molecule has 0 bridgehead atoms. The van der Waals surface area contributed by atoms with Crippen LogP contribution < -0.4 is 5.73 Å². The van der Waals surface area contributed by atoms with Gasteiger partial charge in [0.05, 0.1) is 0 Å². The summed E-state index contributed by atoms with van der Waals surface area (Å²) in [4.78, 5) is 4.43. The molecule has 0 spiro atoms. The summed E-state index contributed by atoms with van der Waals surface area (Å²) >= 11 is 5.83. The number of hydrogen-bond donors (Lipinski definition) is 1. The number of aromatic nitrogens is 3. The number of halogens is 1. The number of hydrogen-bond acceptors (Lipinski definition) is 3. The van der Waals surface area contributed by atoms with Gasteiger partial charge in [-0.1, -0.05) is 11.6 Å². The van der Waals surface area contributed by atoms with Gasteiger partial charge in [-0.25, -0.2) is 9.67 Å². The first-order chi connectivity index (χ1) is 7.70. The maximum absolute atomic E-state index is 5.83. The Morgan fingerprint density at radius 3 is 2.62 bits per heavy atom. The summed E-state index contributed by atoms with van der Waals surface area (Å²) in [7, 11) is 1.87. The molecule has 0 radical (unpaired) electrons. The molecule has 1 aromatic heterocycles. The summed E-state index contributed by atoms with van der Waals surface area (Å²) < 4.78 is 1.76. The van der Waals surface area contributed by atoms with Crippen LogP contribution >= 0.6 is 11.6 Å². The fourth-order valence-corrected chi connectivity index (χ4v) is 1.65. The quantitative estimate of drug-likeness (QED) is 0.882. The van der Waals surface area contributed by atoms with E-state index in [1.165, 1.54) is 0 Å². The van der Waals surface area contributed by atoms with E-state index in [0.717, 1.165) is 17.2 Å². The van der Waals surface area contributed by atoms with Crippen molar-refractivity contribution in [3.05, 3.63) is 35.1 Å². The lowest BCUT2D eigenvalue weighted by Gasteiger charge is -1.99. The van der Waals surface area contributed by atoms with Gasteiger partial charge < -0.3 is 5.73 Å². The standard InChI is InChI=1S/C11H13ClN4/c1-16-11(14-10(15-16)6-7-13)8-2-4-9(12)5-3-8/h2-5H,6-7,13H2,1H3. The lowest BCUT2D eigenvalue weighted by Crippen LogP contribution is -2.04. The van der Waals surface area contributed by atoms with Crippen molar-refractivity contribution in [1.29, 1.82) is 0 Å². The van der Waals surface area contributed by atoms with Gasteiger partial charge in [-0.05, 0) is 30.8 Å². The minimum absolute atomic E-state index is 0.560. The molecule has 0 aliphatic heterocycles. The van der Waals surface area contributed by atoms with Crippen LogP contribution in [0.3, 0.4) is 0 Å². The van der Waals surface area contributed by atoms with Crippen molar-refractivity contribution in [2.75, 3.05) is 6.54 Å². The van der Waals surface area contributed by atoms with Crippen LogP contribution in [0.5, 0.6) is 0 Å². The summed E-state index contributed by atoms with van der Waals surface area (Å²) in [5, 5.41) is 5.01. The molecule has 1 aromatic carbocycles. The van der Waals surface area contributed by atoms with Crippen LogP contribution in [0, 0.1) is 0 Å². The average Bonchev–Trinajstić information content (AvgIpc) is 2.61. The molecule has 16 heavy (non-hydrogen) atoms. The zero-order valence-corrected chi connectivity index (χ0v) is 9.78. The molecule has 84 valence electrons. The van der Waals surface area contributed by atoms with Crippen molar-refractivity contribution < 1.29 is 0 Å². The SMILES string of the molecule is Cn1nc(CCN)nc1-c1ccc(Cl)cc1. The third kappa shape index (κ3) is 2.23.